The summed E-state index contributed by atoms with van der Waals surface area (Å²) in [6, 6.07) is 7.73. The molecule has 2 aromatic heterocycles. The number of nitrogens with zero attached hydrogens (tertiary/aromatic N) is 3. The highest BCUT2D eigenvalue weighted by Gasteiger charge is 2.20. The second-order valence-electron chi connectivity index (χ2n) is 6.09. The topological polar surface area (TPSA) is 94.1 Å². The standard InChI is InChI=1S/C20H20N4O3S/c1-4-13-7-5-6-8-15(13)23-19(25)18-12(2)24-28-17(18)9-14-10-22-16(11-21-14)20(26)27-3/h5-8,10-11H,4,9H2,1-3H3,(H,23,25). The van der Waals surface area contributed by atoms with Crippen LogP contribution in [-0.2, 0) is 17.6 Å². The van der Waals surface area contributed by atoms with Gasteiger partial charge in [0.15, 0.2) is 5.69 Å². The van der Waals surface area contributed by atoms with Crippen molar-refractivity contribution in [1.82, 2.24) is 14.3 Å². The minimum Gasteiger partial charge on any atom is -0.464 e. The van der Waals surface area contributed by atoms with Crippen molar-refractivity contribution in [3.63, 3.8) is 0 Å². The summed E-state index contributed by atoms with van der Waals surface area (Å²) in [4.78, 5) is 33.5. The van der Waals surface area contributed by atoms with Crippen molar-refractivity contribution < 1.29 is 14.3 Å². The first-order valence-electron chi connectivity index (χ1n) is 8.77. The minimum atomic E-state index is -0.539. The van der Waals surface area contributed by atoms with Crippen LogP contribution in [0, 0.1) is 6.92 Å². The number of benzene rings is 1. The molecule has 0 fully saturated rings. The normalized spacial score (nSPS) is 10.5. The van der Waals surface area contributed by atoms with E-state index in [9.17, 15) is 9.59 Å². The second-order valence-corrected chi connectivity index (χ2v) is 6.95. The molecule has 0 saturated heterocycles. The summed E-state index contributed by atoms with van der Waals surface area (Å²) in [5.74, 6) is -0.733. The van der Waals surface area contributed by atoms with Crippen molar-refractivity contribution in [3.05, 3.63) is 69.7 Å². The number of amides is 1. The van der Waals surface area contributed by atoms with E-state index in [1.54, 1.807) is 0 Å². The van der Waals surface area contributed by atoms with E-state index in [-0.39, 0.29) is 11.6 Å². The number of aromatic nitrogens is 3. The third-order valence-electron chi connectivity index (χ3n) is 4.25. The van der Waals surface area contributed by atoms with Gasteiger partial charge in [-0.15, -0.1) is 0 Å². The molecule has 28 heavy (non-hydrogen) atoms. The maximum atomic E-state index is 12.9. The summed E-state index contributed by atoms with van der Waals surface area (Å²) in [5, 5.41) is 2.99. The van der Waals surface area contributed by atoms with E-state index in [1.165, 1.54) is 31.0 Å². The molecule has 0 aliphatic rings. The Morgan fingerprint density at radius 3 is 2.64 bits per heavy atom. The third-order valence-corrected chi connectivity index (χ3v) is 5.18. The van der Waals surface area contributed by atoms with Crippen LogP contribution in [0.1, 0.15) is 49.6 Å². The maximum Gasteiger partial charge on any atom is 0.358 e. The number of anilines is 1. The first-order chi connectivity index (χ1) is 13.5. The maximum absolute atomic E-state index is 12.9. The van der Waals surface area contributed by atoms with Crippen molar-refractivity contribution in [2.24, 2.45) is 0 Å². The van der Waals surface area contributed by atoms with Crippen molar-refractivity contribution in [2.45, 2.75) is 26.7 Å². The Labute approximate surface area is 167 Å². The number of hydrogen-bond acceptors (Lipinski definition) is 7. The number of ether oxygens (including phenoxy) is 1. The molecular formula is C20H20N4O3S. The Hall–Kier alpha value is -3.13. The largest absolute Gasteiger partial charge is 0.464 e. The number of carbonyl (C=O) groups excluding carboxylic acids is 2. The molecule has 1 aromatic carbocycles. The van der Waals surface area contributed by atoms with Crippen LogP contribution in [-0.4, -0.2) is 33.3 Å². The van der Waals surface area contributed by atoms with E-state index in [0.717, 1.165) is 22.5 Å². The molecule has 0 bridgehead atoms. The molecule has 1 amide bonds. The zero-order valence-electron chi connectivity index (χ0n) is 15.9. The predicted octanol–water partition coefficient (Wildman–Crippen LogP) is 3.43. The molecule has 0 unspecified atom stereocenters. The Kier molecular flexibility index (Phi) is 6.10. The fourth-order valence-electron chi connectivity index (χ4n) is 2.78. The molecule has 0 atom stereocenters. The van der Waals surface area contributed by atoms with E-state index < -0.39 is 5.97 Å². The van der Waals surface area contributed by atoms with Gasteiger partial charge in [-0.3, -0.25) is 9.78 Å². The lowest BCUT2D eigenvalue weighted by atomic mass is 10.1. The monoisotopic (exact) mass is 396 g/mol. The van der Waals surface area contributed by atoms with E-state index >= 15 is 0 Å². The van der Waals surface area contributed by atoms with Gasteiger partial charge in [-0.25, -0.2) is 9.78 Å². The lowest BCUT2D eigenvalue weighted by Gasteiger charge is -2.10. The highest BCUT2D eigenvalue weighted by Crippen LogP contribution is 2.24. The second kappa shape index (κ2) is 8.71. The molecule has 0 aliphatic heterocycles. The van der Waals surface area contributed by atoms with Crippen LogP contribution in [0.25, 0.3) is 0 Å². The Morgan fingerprint density at radius 2 is 1.96 bits per heavy atom. The quantitative estimate of drug-likeness (QED) is 0.642. The van der Waals surface area contributed by atoms with E-state index in [4.69, 9.17) is 0 Å². The Balaban J connectivity index is 1.81. The van der Waals surface area contributed by atoms with Gasteiger partial charge in [0, 0.05) is 23.2 Å². The minimum absolute atomic E-state index is 0.140. The zero-order chi connectivity index (χ0) is 20.1. The highest BCUT2D eigenvalue weighted by atomic mass is 32.1. The summed E-state index contributed by atoms with van der Waals surface area (Å²) >= 11 is 1.26. The van der Waals surface area contributed by atoms with Crippen molar-refractivity contribution in [2.75, 3.05) is 12.4 Å². The van der Waals surface area contributed by atoms with Gasteiger partial charge < -0.3 is 10.1 Å². The third kappa shape index (κ3) is 4.23. The van der Waals surface area contributed by atoms with Gasteiger partial charge in [0.05, 0.1) is 30.3 Å². The SMILES string of the molecule is CCc1ccccc1NC(=O)c1c(C)nsc1Cc1cnc(C(=O)OC)cn1. The molecule has 0 aliphatic carbocycles. The van der Waals surface area contributed by atoms with Gasteiger partial charge in [0.2, 0.25) is 0 Å². The first-order valence-corrected chi connectivity index (χ1v) is 9.54. The van der Waals surface area contributed by atoms with Crippen LogP contribution < -0.4 is 5.32 Å². The average molecular weight is 396 g/mol. The molecule has 0 spiro atoms. The van der Waals surface area contributed by atoms with E-state index in [0.29, 0.717) is 23.4 Å². The molecule has 144 valence electrons. The number of carbonyl (C=O) groups is 2. The van der Waals surface area contributed by atoms with Gasteiger partial charge in [-0.05, 0) is 36.5 Å². The fourth-order valence-corrected chi connectivity index (χ4v) is 3.67. The van der Waals surface area contributed by atoms with E-state index in [1.807, 2.05) is 38.1 Å². The number of aryl methyl sites for hydroxylation is 2. The summed E-state index contributed by atoms with van der Waals surface area (Å²) in [6.07, 6.45) is 4.10. The fraction of sp³-hybridized carbons (Fsp3) is 0.250. The van der Waals surface area contributed by atoms with Gasteiger partial charge in [-0.1, -0.05) is 25.1 Å². The van der Waals surface area contributed by atoms with Crippen LogP contribution >= 0.6 is 11.5 Å². The van der Waals surface area contributed by atoms with E-state index in [2.05, 4.69) is 24.4 Å². The number of hydrogen-bond donors (Lipinski definition) is 1. The highest BCUT2D eigenvalue weighted by molar-refractivity contribution is 7.06. The van der Waals surface area contributed by atoms with Crippen molar-refractivity contribution in [1.29, 1.82) is 0 Å². The van der Waals surface area contributed by atoms with Crippen LogP contribution in [0.3, 0.4) is 0 Å². The first kappa shape index (κ1) is 19.6. The van der Waals surface area contributed by atoms with Gasteiger partial charge in [0.1, 0.15) is 0 Å². The Morgan fingerprint density at radius 1 is 1.18 bits per heavy atom. The number of para-hydroxylation sites is 1. The van der Waals surface area contributed by atoms with Gasteiger partial charge in [-0.2, -0.15) is 4.37 Å². The van der Waals surface area contributed by atoms with Crippen LogP contribution in [0.2, 0.25) is 0 Å². The van der Waals surface area contributed by atoms with Crippen molar-refractivity contribution in [3.8, 4) is 0 Å². The molecule has 0 radical (unpaired) electrons. The Bertz CT molecular complexity index is 999. The lowest BCUT2D eigenvalue weighted by Crippen LogP contribution is -2.15. The molecule has 0 saturated carbocycles. The summed E-state index contributed by atoms with van der Waals surface area (Å²) in [6.45, 7) is 3.86. The molecule has 2 heterocycles. The summed E-state index contributed by atoms with van der Waals surface area (Å²) in [5.41, 5.74) is 3.87. The van der Waals surface area contributed by atoms with Gasteiger partial charge >= 0.3 is 5.97 Å². The predicted molar refractivity (Wildman–Crippen MR) is 107 cm³/mol. The molecular weight excluding hydrogens is 376 g/mol. The zero-order valence-corrected chi connectivity index (χ0v) is 16.7. The van der Waals surface area contributed by atoms with Gasteiger partial charge in [0.25, 0.3) is 5.91 Å². The van der Waals surface area contributed by atoms with Crippen LogP contribution in [0.5, 0.6) is 0 Å². The van der Waals surface area contributed by atoms with Crippen LogP contribution in [0.4, 0.5) is 5.69 Å². The number of rotatable bonds is 6. The number of nitrogens with one attached hydrogen (secondary N) is 1. The number of methoxy groups -OCH3 is 1. The summed E-state index contributed by atoms with van der Waals surface area (Å²) < 4.78 is 8.96. The molecule has 1 N–H and O–H groups in total. The van der Waals surface area contributed by atoms with Crippen LogP contribution in [0.15, 0.2) is 36.7 Å². The summed E-state index contributed by atoms with van der Waals surface area (Å²) in [7, 11) is 1.29. The smallest absolute Gasteiger partial charge is 0.358 e. The molecule has 7 nitrogen and oxygen atoms in total. The van der Waals surface area contributed by atoms with Crippen molar-refractivity contribution >= 4 is 29.1 Å². The lowest BCUT2D eigenvalue weighted by molar-refractivity contribution is 0.0593. The molecule has 3 rings (SSSR count). The molecule has 8 heteroatoms. The average Bonchev–Trinajstić information content (AvgIpc) is 3.08. The molecule has 3 aromatic rings. The number of esters is 1.